The molecule has 0 saturated carbocycles. The maximum Gasteiger partial charge on any atom is 0.253 e. The number of nitrogens with zero attached hydrogens (tertiary/aromatic N) is 1. The number of hydrogen-bond donors (Lipinski definition) is 2. The van der Waals surface area contributed by atoms with Gasteiger partial charge >= 0.3 is 0 Å². The number of pyridine rings is 1. The van der Waals surface area contributed by atoms with Crippen molar-refractivity contribution in [2.75, 3.05) is 11.9 Å². The molecule has 0 aliphatic carbocycles. The molecule has 0 bridgehead atoms. The number of ether oxygens (including phenoxy) is 1. The average Bonchev–Trinajstić information content (AvgIpc) is 2.82. The lowest BCUT2D eigenvalue weighted by Gasteiger charge is -2.13. The highest BCUT2D eigenvalue weighted by Gasteiger charge is 2.29. The monoisotopic (exact) mass is 251 g/mol. The van der Waals surface area contributed by atoms with Crippen LogP contribution in [-0.2, 0) is 16.6 Å². The highest BCUT2D eigenvalue weighted by molar-refractivity contribution is 5.94. The first-order valence-corrected chi connectivity index (χ1v) is 5.93. The number of nitrogens with two attached hydrogens (primary N) is 1. The molecule has 1 saturated heterocycles. The number of aryl methyl sites for hydroxylation is 1. The zero-order valence-electron chi connectivity index (χ0n) is 10.3. The van der Waals surface area contributed by atoms with Crippen LogP contribution in [0, 0.1) is 0 Å². The number of aromatic nitrogens is 1. The third-order valence-electron chi connectivity index (χ3n) is 3.02. The largest absolute Gasteiger partial charge is 0.364 e. The topological polar surface area (TPSA) is 86.3 Å². The fourth-order valence-corrected chi connectivity index (χ4v) is 1.96. The molecular formula is C12H17N3O3. The van der Waals surface area contributed by atoms with Crippen LogP contribution in [0.5, 0.6) is 0 Å². The van der Waals surface area contributed by atoms with Crippen molar-refractivity contribution in [3.63, 3.8) is 0 Å². The number of rotatable bonds is 3. The molecule has 18 heavy (non-hydrogen) atoms. The van der Waals surface area contributed by atoms with Crippen molar-refractivity contribution in [2.24, 2.45) is 12.8 Å². The molecule has 1 fully saturated rings. The van der Waals surface area contributed by atoms with E-state index in [4.69, 9.17) is 10.5 Å². The summed E-state index contributed by atoms with van der Waals surface area (Å²) in [6, 6.07) is 2.99. The third kappa shape index (κ3) is 2.77. The molecule has 0 aromatic carbocycles. The highest BCUT2D eigenvalue weighted by atomic mass is 16.5. The standard InChI is InChI=1S/C12H17N3O3/c1-15-7-8(2-5-11(15)16)14-12(17)10-4-3-9(6-13)18-10/h2,5,7,9-10H,3-4,6,13H2,1H3,(H,14,17)/t9-,10+/m1/s1. The van der Waals surface area contributed by atoms with Crippen molar-refractivity contribution in [3.05, 3.63) is 28.7 Å². The van der Waals surface area contributed by atoms with Crippen LogP contribution < -0.4 is 16.6 Å². The van der Waals surface area contributed by atoms with Crippen molar-refractivity contribution in [2.45, 2.75) is 25.0 Å². The Balaban J connectivity index is 1.99. The van der Waals surface area contributed by atoms with Gasteiger partial charge in [-0.25, -0.2) is 0 Å². The molecule has 0 spiro atoms. The van der Waals surface area contributed by atoms with E-state index in [-0.39, 0.29) is 17.6 Å². The van der Waals surface area contributed by atoms with Crippen LogP contribution >= 0.6 is 0 Å². The molecule has 2 atom stereocenters. The molecule has 0 unspecified atom stereocenters. The molecule has 3 N–H and O–H groups in total. The van der Waals surface area contributed by atoms with Crippen molar-refractivity contribution in [1.82, 2.24) is 4.57 Å². The molecule has 6 nitrogen and oxygen atoms in total. The Bertz CT molecular complexity index is 498. The van der Waals surface area contributed by atoms with Crippen LogP contribution in [0.1, 0.15) is 12.8 Å². The van der Waals surface area contributed by atoms with Crippen LogP contribution in [0.25, 0.3) is 0 Å². The van der Waals surface area contributed by atoms with E-state index in [0.717, 1.165) is 6.42 Å². The summed E-state index contributed by atoms with van der Waals surface area (Å²) in [6.45, 7) is 0.434. The first-order valence-electron chi connectivity index (χ1n) is 5.93. The second kappa shape index (κ2) is 5.32. The van der Waals surface area contributed by atoms with Gasteiger partial charge in [0.2, 0.25) is 5.56 Å². The zero-order valence-corrected chi connectivity index (χ0v) is 10.3. The van der Waals surface area contributed by atoms with E-state index in [9.17, 15) is 9.59 Å². The predicted octanol–water partition coefficient (Wildman–Crippen LogP) is -0.170. The SMILES string of the molecule is Cn1cc(NC(=O)[C@@H]2CC[C@H](CN)O2)ccc1=O. The van der Waals surface area contributed by atoms with Gasteiger partial charge in [-0.1, -0.05) is 0 Å². The lowest BCUT2D eigenvalue weighted by Crippen LogP contribution is -2.30. The van der Waals surface area contributed by atoms with Gasteiger partial charge in [0.15, 0.2) is 0 Å². The molecule has 1 aliphatic rings. The Kier molecular flexibility index (Phi) is 3.78. The first kappa shape index (κ1) is 12.8. The van der Waals surface area contributed by atoms with Crippen molar-refractivity contribution in [1.29, 1.82) is 0 Å². The first-order chi connectivity index (χ1) is 8.60. The van der Waals surface area contributed by atoms with E-state index in [2.05, 4.69) is 5.32 Å². The molecule has 1 aromatic heterocycles. The fourth-order valence-electron chi connectivity index (χ4n) is 1.96. The summed E-state index contributed by atoms with van der Waals surface area (Å²) in [4.78, 5) is 23.1. The number of carbonyl (C=O) groups is 1. The van der Waals surface area contributed by atoms with Gasteiger partial charge in [0.25, 0.3) is 5.91 Å². The van der Waals surface area contributed by atoms with Gasteiger partial charge in [-0.05, 0) is 18.9 Å². The van der Waals surface area contributed by atoms with Crippen molar-refractivity contribution < 1.29 is 9.53 Å². The molecule has 6 heteroatoms. The van der Waals surface area contributed by atoms with E-state index in [1.807, 2.05) is 0 Å². The Morgan fingerprint density at radius 1 is 1.56 bits per heavy atom. The second-order valence-corrected chi connectivity index (χ2v) is 4.42. The van der Waals surface area contributed by atoms with E-state index < -0.39 is 6.10 Å². The number of amides is 1. The predicted molar refractivity (Wildman–Crippen MR) is 67.3 cm³/mol. The van der Waals surface area contributed by atoms with E-state index in [1.54, 1.807) is 19.3 Å². The molecule has 2 rings (SSSR count). The highest BCUT2D eigenvalue weighted by Crippen LogP contribution is 2.20. The maximum absolute atomic E-state index is 11.9. The van der Waals surface area contributed by atoms with Gasteiger partial charge in [-0.2, -0.15) is 0 Å². The number of carbonyl (C=O) groups excluding carboxylic acids is 1. The van der Waals surface area contributed by atoms with Gasteiger partial charge in [-0.15, -0.1) is 0 Å². The quantitative estimate of drug-likeness (QED) is 0.781. The van der Waals surface area contributed by atoms with Crippen LogP contribution in [0.15, 0.2) is 23.1 Å². The average molecular weight is 251 g/mol. The number of nitrogens with one attached hydrogen (secondary N) is 1. The minimum Gasteiger partial charge on any atom is -0.364 e. The van der Waals surface area contributed by atoms with Crippen molar-refractivity contribution >= 4 is 11.6 Å². The van der Waals surface area contributed by atoms with Crippen LogP contribution in [0.3, 0.4) is 0 Å². The summed E-state index contributed by atoms with van der Waals surface area (Å²) >= 11 is 0. The van der Waals surface area contributed by atoms with Gasteiger partial charge < -0.3 is 20.4 Å². The molecular weight excluding hydrogens is 234 g/mol. The third-order valence-corrected chi connectivity index (χ3v) is 3.02. The Morgan fingerprint density at radius 2 is 2.33 bits per heavy atom. The van der Waals surface area contributed by atoms with Gasteiger partial charge in [-0.3, -0.25) is 9.59 Å². The van der Waals surface area contributed by atoms with E-state index >= 15 is 0 Å². The minimum atomic E-state index is -0.448. The Hall–Kier alpha value is -1.66. The van der Waals surface area contributed by atoms with Crippen LogP contribution in [0.4, 0.5) is 5.69 Å². The fraction of sp³-hybridized carbons (Fsp3) is 0.500. The summed E-state index contributed by atoms with van der Waals surface area (Å²) in [6.07, 6.45) is 2.59. The van der Waals surface area contributed by atoms with Crippen LogP contribution in [0.2, 0.25) is 0 Å². The Labute approximate surface area is 105 Å². The summed E-state index contributed by atoms with van der Waals surface area (Å²) in [7, 11) is 1.63. The summed E-state index contributed by atoms with van der Waals surface area (Å²) < 4.78 is 6.90. The van der Waals surface area contributed by atoms with Crippen molar-refractivity contribution in [3.8, 4) is 0 Å². The Morgan fingerprint density at radius 3 is 2.94 bits per heavy atom. The summed E-state index contributed by atoms with van der Waals surface area (Å²) in [5.74, 6) is -0.190. The number of anilines is 1. The van der Waals surface area contributed by atoms with Gasteiger partial charge in [0.1, 0.15) is 6.10 Å². The zero-order chi connectivity index (χ0) is 13.1. The smallest absolute Gasteiger partial charge is 0.253 e. The summed E-state index contributed by atoms with van der Waals surface area (Å²) in [5.41, 5.74) is 5.96. The molecule has 1 aromatic rings. The summed E-state index contributed by atoms with van der Waals surface area (Å²) in [5, 5.41) is 2.73. The number of hydrogen-bond acceptors (Lipinski definition) is 4. The lowest BCUT2D eigenvalue weighted by atomic mass is 10.2. The molecule has 1 amide bonds. The molecule has 1 aliphatic heterocycles. The van der Waals surface area contributed by atoms with Crippen LogP contribution in [-0.4, -0.2) is 29.2 Å². The van der Waals surface area contributed by atoms with E-state index in [1.165, 1.54) is 10.6 Å². The van der Waals surface area contributed by atoms with Gasteiger partial charge in [0.05, 0.1) is 11.8 Å². The molecule has 0 radical (unpaired) electrons. The normalized spacial score (nSPS) is 23.0. The van der Waals surface area contributed by atoms with Gasteiger partial charge in [0, 0.05) is 25.9 Å². The molecule has 2 heterocycles. The molecule has 98 valence electrons. The minimum absolute atomic E-state index is 0.0270. The second-order valence-electron chi connectivity index (χ2n) is 4.42. The van der Waals surface area contributed by atoms with E-state index in [0.29, 0.717) is 18.7 Å². The lowest BCUT2D eigenvalue weighted by molar-refractivity contribution is -0.126. The maximum atomic E-state index is 11.9.